The fourth-order valence-electron chi connectivity index (χ4n) is 8.18. The first kappa shape index (κ1) is 70.9. The molecule has 2 N–H and O–H groups in total. The number of rotatable bonds is 53. The van der Waals surface area contributed by atoms with Crippen LogP contribution in [0.5, 0.6) is 0 Å². The second-order valence-electron chi connectivity index (χ2n) is 21.1. The zero-order valence-corrected chi connectivity index (χ0v) is 49.4. The zero-order valence-electron chi connectivity index (χ0n) is 48.6. The van der Waals surface area contributed by atoms with E-state index in [1.54, 1.807) is 0 Å². The fourth-order valence-corrected chi connectivity index (χ4v) is 8.92. The minimum atomic E-state index is -4.45. The summed E-state index contributed by atoms with van der Waals surface area (Å²) in [6, 6.07) is -0.861. The van der Waals surface area contributed by atoms with E-state index >= 15 is 0 Å². The van der Waals surface area contributed by atoms with E-state index in [0.717, 1.165) is 128 Å². The summed E-state index contributed by atoms with van der Waals surface area (Å²) in [5, 5.41) is 3.04. The van der Waals surface area contributed by atoms with Crippen molar-refractivity contribution in [3.05, 3.63) is 97.2 Å². The van der Waals surface area contributed by atoms with Crippen molar-refractivity contribution in [1.29, 1.82) is 0 Å². The Bertz CT molecular complexity index is 1590. The van der Waals surface area contributed by atoms with E-state index in [-0.39, 0.29) is 31.5 Å². The molecule has 9 nitrogen and oxygen atoms in total. The number of likely N-dealkylation sites (N-methyl/N-ethyl adjacent to an activating group) is 1. The summed E-state index contributed by atoms with van der Waals surface area (Å²) < 4.78 is 30.6. The molecular weight excluding hydrogens is 940 g/mol. The van der Waals surface area contributed by atoms with Gasteiger partial charge in [0.15, 0.2) is 0 Å². The Kier molecular flexibility index (Phi) is 51.1. The van der Waals surface area contributed by atoms with Crippen LogP contribution < -0.4 is 5.32 Å². The molecule has 0 radical (unpaired) electrons. The summed E-state index contributed by atoms with van der Waals surface area (Å²) in [6.07, 6.45) is 71.2. The normalized spacial score (nSPS) is 14.4. The van der Waals surface area contributed by atoms with Crippen LogP contribution in [0.3, 0.4) is 0 Å². The van der Waals surface area contributed by atoms with Gasteiger partial charge in [0.25, 0.3) is 0 Å². The van der Waals surface area contributed by atoms with Gasteiger partial charge in [-0.2, -0.15) is 0 Å². The molecule has 1 amide bonds. The van der Waals surface area contributed by atoms with Crippen LogP contribution in [0, 0.1) is 0 Å². The molecular formula is C64H114N2O7P+. The SMILES string of the molecule is CC/C=C\C/C=C\C/C=C\C/C=C\C/C=C\CCCCCCCCCC(=O)OC(/C=C\CCCCCCCCCCC)C(COP(=O)(O)OCC[N+](C)(C)C)NC(=O)CCCCCCCCC/C=C/C/C=C/CC. The molecule has 0 aromatic carbocycles. The molecule has 3 atom stereocenters. The molecule has 0 aromatic heterocycles. The topological polar surface area (TPSA) is 111 Å². The van der Waals surface area contributed by atoms with E-state index in [1.165, 1.54) is 83.5 Å². The van der Waals surface area contributed by atoms with E-state index in [0.29, 0.717) is 17.4 Å². The molecule has 0 aliphatic carbocycles. The average molecular weight is 1050 g/mol. The number of carbonyl (C=O) groups excluding carboxylic acids is 2. The van der Waals surface area contributed by atoms with Crippen molar-refractivity contribution in [2.24, 2.45) is 0 Å². The highest BCUT2D eigenvalue weighted by atomic mass is 31.2. The summed E-state index contributed by atoms with van der Waals surface area (Å²) in [5.41, 5.74) is 0. The van der Waals surface area contributed by atoms with Crippen LogP contribution in [0.2, 0.25) is 0 Å². The molecule has 0 aliphatic heterocycles. The van der Waals surface area contributed by atoms with Gasteiger partial charge < -0.3 is 19.4 Å². The van der Waals surface area contributed by atoms with Crippen LogP contribution in [0.1, 0.15) is 245 Å². The predicted molar refractivity (Wildman–Crippen MR) is 318 cm³/mol. The number of unbranched alkanes of at least 4 members (excludes halogenated alkanes) is 23. The number of quaternary nitrogens is 1. The minimum absolute atomic E-state index is 0.0322. The summed E-state index contributed by atoms with van der Waals surface area (Å²) in [6.45, 7) is 6.76. The Balaban J connectivity index is 5.23. The number of phosphoric acid groups is 1. The minimum Gasteiger partial charge on any atom is -0.456 e. The molecule has 0 fully saturated rings. The van der Waals surface area contributed by atoms with Crippen molar-refractivity contribution in [3.63, 3.8) is 0 Å². The summed E-state index contributed by atoms with van der Waals surface area (Å²) in [5.74, 6) is -0.533. The van der Waals surface area contributed by atoms with Crippen LogP contribution in [0.25, 0.3) is 0 Å². The van der Waals surface area contributed by atoms with Crippen LogP contribution in [0.4, 0.5) is 0 Å². The molecule has 0 aromatic rings. The zero-order chi connectivity index (χ0) is 54.3. The van der Waals surface area contributed by atoms with Gasteiger partial charge in [0.1, 0.15) is 19.3 Å². The first-order valence-corrected chi connectivity index (χ1v) is 31.6. The second kappa shape index (κ2) is 53.3. The van der Waals surface area contributed by atoms with Gasteiger partial charge in [-0.25, -0.2) is 4.57 Å². The molecule has 74 heavy (non-hydrogen) atoms. The highest BCUT2D eigenvalue weighted by Crippen LogP contribution is 2.43. The number of amides is 1. The molecule has 0 aliphatic rings. The monoisotopic (exact) mass is 1050 g/mol. The number of hydrogen-bond donors (Lipinski definition) is 2. The third kappa shape index (κ3) is 53.7. The summed E-state index contributed by atoms with van der Waals surface area (Å²) in [7, 11) is 1.47. The van der Waals surface area contributed by atoms with E-state index in [9.17, 15) is 19.0 Å². The molecule has 10 heteroatoms. The molecule has 0 bridgehead atoms. The number of hydrogen-bond acceptors (Lipinski definition) is 6. The molecule has 0 spiro atoms. The first-order chi connectivity index (χ1) is 35.9. The van der Waals surface area contributed by atoms with E-state index in [4.69, 9.17) is 13.8 Å². The number of nitrogens with one attached hydrogen (secondary N) is 1. The lowest BCUT2D eigenvalue weighted by atomic mass is 10.1. The Morgan fingerprint density at radius 3 is 1.30 bits per heavy atom. The van der Waals surface area contributed by atoms with Gasteiger partial charge in [0.2, 0.25) is 5.91 Å². The summed E-state index contributed by atoms with van der Waals surface area (Å²) >= 11 is 0. The smallest absolute Gasteiger partial charge is 0.456 e. The number of ether oxygens (including phenoxy) is 1. The second-order valence-corrected chi connectivity index (χ2v) is 22.6. The van der Waals surface area contributed by atoms with Gasteiger partial charge in [-0.3, -0.25) is 18.6 Å². The van der Waals surface area contributed by atoms with Gasteiger partial charge in [-0.15, -0.1) is 0 Å². The lowest BCUT2D eigenvalue weighted by Gasteiger charge is -2.27. The van der Waals surface area contributed by atoms with Gasteiger partial charge in [0, 0.05) is 12.8 Å². The maximum absolute atomic E-state index is 13.5. The Hall–Kier alpha value is -3.07. The van der Waals surface area contributed by atoms with Crippen molar-refractivity contribution in [1.82, 2.24) is 5.32 Å². The van der Waals surface area contributed by atoms with Crippen molar-refractivity contribution < 1.29 is 37.3 Å². The quantitative estimate of drug-likeness (QED) is 0.0205. The summed E-state index contributed by atoms with van der Waals surface area (Å²) in [4.78, 5) is 37.6. The lowest BCUT2D eigenvalue weighted by Crippen LogP contribution is -2.47. The molecule has 0 saturated heterocycles. The van der Waals surface area contributed by atoms with E-state index in [1.807, 2.05) is 33.3 Å². The average Bonchev–Trinajstić information content (AvgIpc) is 3.36. The predicted octanol–water partition coefficient (Wildman–Crippen LogP) is 18.4. The third-order valence-corrected chi connectivity index (χ3v) is 13.8. The first-order valence-electron chi connectivity index (χ1n) is 30.1. The standard InChI is InChI=1S/C64H113N2O7P/c1-7-10-13-16-19-22-25-27-29-30-31-32-33-34-35-36-37-39-42-45-48-51-54-57-64(68)73-62(55-52-49-46-43-40-24-21-18-15-12-9-3)61(60-72-74(69,70)71-59-58-66(4,5)6)65-63(67)56-53-50-47-44-41-38-28-26-23-20-17-14-11-8-2/h10-11,13-14,19-20,22-23,27,29,31-32,34-35,52,55,61-62H,7-9,12,15-18,21,24-26,28,30,33,36-51,53-54,56-60H2,1-6H3,(H-,65,67,69,70)/p+1/b13-10-,14-11+,22-19-,23-20+,29-27-,32-31-,35-34-,55-52-. The van der Waals surface area contributed by atoms with Crippen molar-refractivity contribution in [2.45, 2.75) is 258 Å². The number of nitrogens with zero attached hydrogens (tertiary/aromatic N) is 1. The Morgan fingerprint density at radius 1 is 0.486 bits per heavy atom. The van der Waals surface area contributed by atoms with Crippen LogP contribution in [-0.4, -0.2) is 74.3 Å². The number of allylic oxidation sites excluding steroid dienone is 15. The lowest BCUT2D eigenvalue weighted by molar-refractivity contribution is -0.870. The van der Waals surface area contributed by atoms with Gasteiger partial charge in [-0.1, -0.05) is 227 Å². The van der Waals surface area contributed by atoms with Crippen LogP contribution in [-0.2, 0) is 27.9 Å². The fraction of sp³-hybridized carbons (Fsp3) is 0.719. The highest BCUT2D eigenvalue weighted by Gasteiger charge is 2.30. The van der Waals surface area contributed by atoms with Crippen molar-refractivity contribution in [2.75, 3.05) is 40.9 Å². The number of carbonyl (C=O) groups is 2. The van der Waals surface area contributed by atoms with E-state index in [2.05, 4.69) is 111 Å². The van der Waals surface area contributed by atoms with E-state index < -0.39 is 20.0 Å². The van der Waals surface area contributed by atoms with Crippen molar-refractivity contribution in [3.8, 4) is 0 Å². The third-order valence-electron chi connectivity index (χ3n) is 12.8. The highest BCUT2D eigenvalue weighted by molar-refractivity contribution is 7.47. The molecule has 426 valence electrons. The van der Waals surface area contributed by atoms with Gasteiger partial charge >= 0.3 is 13.8 Å². The number of phosphoric ester groups is 1. The van der Waals surface area contributed by atoms with Crippen LogP contribution >= 0.6 is 7.82 Å². The van der Waals surface area contributed by atoms with Crippen LogP contribution in [0.15, 0.2) is 97.2 Å². The molecule has 0 saturated carbocycles. The van der Waals surface area contributed by atoms with Crippen molar-refractivity contribution >= 4 is 19.7 Å². The Morgan fingerprint density at radius 2 is 0.865 bits per heavy atom. The van der Waals surface area contributed by atoms with Gasteiger partial charge in [-0.05, 0) is 102 Å². The largest absolute Gasteiger partial charge is 0.472 e. The Labute approximate surface area is 456 Å². The maximum Gasteiger partial charge on any atom is 0.472 e. The maximum atomic E-state index is 13.5. The molecule has 3 unspecified atom stereocenters. The molecule has 0 rings (SSSR count). The number of esters is 1. The van der Waals surface area contributed by atoms with Gasteiger partial charge in [0.05, 0.1) is 33.8 Å². The molecule has 0 heterocycles.